The molecule has 19 heavy (non-hydrogen) atoms. The molecule has 108 valence electrons. The molecule has 0 radical (unpaired) electrons. The van der Waals surface area contributed by atoms with Gasteiger partial charge in [0, 0.05) is 6.04 Å². The summed E-state index contributed by atoms with van der Waals surface area (Å²) in [4.78, 5) is 0. The summed E-state index contributed by atoms with van der Waals surface area (Å²) in [7, 11) is 0. The number of rotatable bonds is 6. The van der Waals surface area contributed by atoms with Gasteiger partial charge in [-0.15, -0.1) is 0 Å². The van der Waals surface area contributed by atoms with E-state index in [-0.39, 0.29) is 6.04 Å². The van der Waals surface area contributed by atoms with Crippen molar-refractivity contribution < 1.29 is 9.84 Å². The lowest BCUT2D eigenvalue weighted by Gasteiger charge is -2.24. The number of ether oxygens (including phenoxy) is 1. The fraction of sp³-hybridized carbons (Fsp3) is 0.600. The van der Waals surface area contributed by atoms with E-state index in [4.69, 9.17) is 16.2 Å². The first-order valence-corrected chi connectivity index (χ1v) is 6.81. The molecule has 1 rings (SSSR count). The van der Waals surface area contributed by atoms with E-state index in [1.807, 2.05) is 33.8 Å². The van der Waals surface area contributed by atoms with Gasteiger partial charge in [-0.05, 0) is 69.0 Å². The second-order valence-corrected chi connectivity index (χ2v) is 4.97. The van der Waals surface area contributed by atoms with E-state index in [9.17, 15) is 5.11 Å². The van der Waals surface area contributed by atoms with Gasteiger partial charge in [-0.1, -0.05) is 0 Å². The number of hydrogen-bond acceptors (Lipinski definition) is 4. The largest absolute Gasteiger partial charge is 0.494 e. The van der Waals surface area contributed by atoms with Gasteiger partial charge in [0.2, 0.25) is 0 Å². The van der Waals surface area contributed by atoms with Crippen LogP contribution in [0.1, 0.15) is 41.7 Å². The summed E-state index contributed by atoms with van der Waals surface area (Å²) in [5.74, 6) is 0.876. The Kier molecular flexibility index (Phi) is 5.79. The van der Waals surface area contributed by atoms with Gasteiger partial charge in [0.1, 0.15) is 5.75 Å². The van der Waals surface area contributed by atoms with Crippen molar-refractivity contribution in [1.82, 2.24) is 0 Å². The third-order valence-electron chi connectivity index (χ3n) is 3.61. The van der Waals surface area contributed by atoms with Crippen LogP contribution in [0.3, 0.4) is 0 Å². The smallest absolute Gasteiger partial charge is 0.122 e. The fourth-order valence-electron chi connectivity index (χ4n) is 2.39. The molecular formula is C15H26N2O2. The Hall–Kier alpha value is -1.10. The van der Waals surface area contributed by atoms with Crippen LogP contribution in [-0.2, 0) is 0 Å². The molecular weight excluding hydrogens is 240 g/mol. The van der Waals surface area contributed by atoms with Crippen LogP contribution in [-0.4, -0.2) is 24.3 Å². The highest BCUT2D eigenvalue weighted by molar-refractivity contribution is 5.49. The first kappa shape index (κ1) is 16.0. The summed E-state index contributed by atoms with van der Waals surface area (Å²) in [5, 5.41) is 10.4. The SMILES string of the molecule is CCOc1cc(C)c(C(O)C(N)CCN)c(C)c1C. The fourth-order valence-corrected chi connectivity index (χ4v) is 2.39. The standard InChI is InChI=1S/C15H26N2O2/c1-5-19-13-8-9(2)14(11(4)10(13)3)15(18)12(17)6-7-16/h8,12,15,18H,5-7,16-17H2,1-4H3. The maximum atomic E-state index is 10.4. The minimum absolute atomic E-state index is 0.334. The van der Waals surface area contributed by atoms with Crippen molar-refractivity contribution in [3.8, 4) is 5.75 Å². The summed E-state index contributed by atoms with van der Waals surface area (Å²) in [6.45, 7) is 9.05. The molecule has 0 aliphatic rings. The van der Waals surface area contributed by atoms with Crippen LogP contribution in [0.25, 0.3) is 0 Å². The van der Waals surface area contributed by atoms with Gasteiger partial charge in [0.15, 0.2) is 0 Å². The monoisotopic (exact) mass is 266 g/mol. The second kappa shape index (κ2) is 6.89. The van der Waals surface area contributed by atoms with Crippen molar-refractivity contribution in [3.05, 3.63) is 28.3 Å². The minimum Gasteiger partial charge on any atom is -0.494 e. The van der Waals surface area contributed by atoms with E-state index in [0.717, 1.165) is 28.0 Å². The maximum absolute atomic E-state index is 10.4. The number of aliphatic hydroxyl groups excluding tert-OH is 1. The molecule has 0 aromatic heterocycles. The minimum atomic E-state index is -0.682. The van der Waals surface area contributed by atoms with E-state index in [0.29, 0.717) is 19.6 Å². The van der Waals surface area contributed by atoms with Crippen LogP contribution >= 0.6 is 0 Å². The number of hydrogen-bond donors (Lipinski definition) is 3. The average molecular weight is 266 g/mol. The molecule has 0 saturated heterocycles. The third kappa shape index (κ3) is 3.47. The molecule has 1 aromatic carbocycles. The molecule has 0 bridgehead atoms. The topological polar surface area (TPSA) is 81.5 Å². The maximum Gasteiger partial charge on any atom is 0.122 e. The Balaban J connectivity index is 3.18. The summed E-state index contributed by atoms with van der Waals surface area (Å²) in [6, 6.07) is 1.64. The van der Waals surface area contributed by atoms with Crippen LogP contribution in [0.4, 0.5) is 0 Å². The van der Waals surface area contributed by atoms with E-state index in [1.165, 1.54) is 0 Å². The van der Waals surface area contributed by atoms with E-state index >= 15 is 0 Å². The summed E-state index contributed by atoms with van der Waals surface area (Å²) in [6.07, 6.45) is -0.0790. The molecule has 0 heterocycles. The zero-order valence-corrected chi connectivity index (χ0v) is 12.4. The van der Waals surface area contributed by atoms with Crippen molar-refractivity contribution in [2.45, 2.75) is 46.3 Å². The van der Waals surface area contributed by atoms with E-state index in [2.05, 4.69) is 0 Å². The lowest BCUT2D eigenvalue weighted by Crippen LogP contribution is -2.31. The van der Waals surface area contributed by atoms with Crippen molar-refractivity contribution in [2.75, 3.05) is 13.2 Å². The van der Waals surface area contributed by atoms with Crippen LogP contribution in [0, 0.1) is 20.8 Å². The lowest BCUT2D eigenvalue weighted by molar-refractivity contribution is 0.141. The number of aliphatic hydroxyl groups is 1. The molecule has 0 saturated carbocycles. The Bertz CT molecular complexity index is 433. The lowest BCUT2D eigenvalue weighted by atomic mass is 9.89. The Morgan fingerprint density at radius 2 is 1.89 bits per heavy atom. The normalized spacial score (nSPS) is 14.3. The predicted molar refractivity (Wildman–Crippen MR) is 78.4 cm³/mol. The first-order valence-electron chi connectivity index (χ1n) is 6.81. The molecule has 1 aromatic rings. The zero-order chi connectivity index (χ0) is 14.6. The Labute approximate surface area is 115 Å². The number of benzene rings is 1. The third-order valence-corrected chi connectivity index (χ3v) is 3.61. The van der Waals surface area contributed by atoms with Gasteiger partial charge < -0.3 is 21.3 Å². The summed E-state index contributed by atoms with van der Waals surface area (Å²) in [5.41, 5.74) is 15.5. The van der Waals surface area contributed by atoms with E-state index in [1.54, 1.807) is 0 Å². The molecule has 0 aliphatic heterocycles. The number of aryl methyl sites for hydroxylation is 1. The Morgan fingerprint density at radius 1 is 1.26 bits per heavy atom. The molecule has 2 atom stereocenters. The highest BCUT2D eigenvalue weighted by Crippen LogP contribution is 2.32. The van der Waals surface area contributed by atoms with Gasteiger partial charge in [-0.3, -0.25) is 0 Å². The summed E-state index contributed by atoms with van der Waals surface area (Å²) >= 11 is 0. The van der Waals surface area contributed by atoms with Crippen LogP contribution < -0.4 is 16.2 Å². The molecule has 0 spiro atoms. The van der Waals surface area contributed by atoms with Gasteiger partial charge in [0.25, 0.3) is 0 Å². The molecule has 4 nitrogen and oxygen atoms in total. The molecule has 0 aliphatic carbocycles. The molecule has 4 heteroatoms. The van der Waals surface area contributed by atoms with Gasteiger partial charge in [0.05, 0.1) is 12.7 Å². The quantitative estimate of drug-likeness (QED) is 0.732. The molecule has 2 unspecified atom stereocenters. The van der Waals surface area contributed by atoms with Crippen LogP contribution in [0.2, 0.25) is 0 Å². The highest BCUT2D eigenvalue weighted by Gasteiger charge is 2.22. The zero-order valence-electron chi connectivity index (χ0n) is 12.4. The molecule has 0 amide bonds. The van der Waals surface area contributed by atoms with E-state index < -0.39 is 6.10 Å². The van der Waals surface area contributed by atoms with Crippen molar-refractivity contribution in [2.24, 2.45) is 11.5 Å². The second-order valence-electron chi connectivity index (χ2n) is 4.97. The summed E-state index contributed by atoms with van der Waals surface area (Å²) < 4.78 is 5.61. The van der Waals surface area contributed by atoms with Gasteiger partial charge >= 0.3 is 0 Å². The van der Waals surface area contributed by atoms with Crippen LogP contribution in [0.15, 0.2) is 6.07 Å². The van der Waals surface area contributed by atoms with Gasteiger partial charge in [-0.2, -0.15) is 0 Å². The van der Waals surface area contributed by atoms with Gasteiger partial charge in [-0.25, -0.2) is 0 Å². The first-order chi connectivity index (χ1) is 8.93. The number of nitrogens with two attached hydrogens (primary N) is 2. The molecule has 5 N–H and O–H groups in total. The van der Waals surface area contributed by atoms with Crippen molar-refractivity contribution in [1.29, 1.82) is 0 Å². The average Bonchev–Trinajstić information content (AvgIpc) is 2.36. The highest BCUT2D eigenvalue weighted by atomic mass is 16.5. The van der Waals surface area contributed by atoms with Crippen molar-refractivity contribution >= 4 is 0 Å². The van der Waals surface area contributed by atoms with Crippen LogP contribution in [0.5, 0.6) is 5.75 Å². The Morgan fingerprint density at radius 3 is 2.42 bits per heavy atom. The van der Waals surface area contributed by atoms with Crippen molar-refractivity contribution in [3.63, 3.8) is 0 Å². The molecule has 0 fully saturated rings. The predicted octanol–water partition coefficient (Wildman–Crippen LogP) is 1.72.